The minimum absolute atomic E-state index is 0.154. The number of nitrogens with two attached hydrogens (primary N) is 1. The Kier molecular flexibility index (Phi) is 3.64. The van der Waals surface area contributed by atoms with E-state index in [-0.39, 0.29) is 22.8 Å². The Balaban J connectivity index is 2.20. The van der Waals surface area contributed by atoms with Gasteiger partial charge < -0.3 is 16.4 Å². The Hall–Kier alpha value is -1.85. The lowest BCUT2D eigenvalue weighted by molar-refractivity contribution is -0.123. The molecule has 1 aromatic rings. The van der Waals surface area contributed by atoms with E-state index in [9.17, 15) is 13.6 Å². The van der Waals surface area contributed by atoms with E-state index < -0.39 is 12.5 Å². The number of rotatable bonds is 3. The molecule has 18 heavy (non-hydrogen) atoms. The van der Waals surface area contributed by atoms with Gasteiger partial charge in [0.15, 0.2) is 0 Å². The highest BCUT2D eigenvalue weighted by Gasteiger charge is 2.23. The number of halogens is 2. The Bertz CT molecular complexity index is 451. The van der Waals surface area contributed by atoms with Gasteiger partial charge in [-0.25, -0.2) is 8.78 Å². The number of benzene rings is 1. The zero-order valence-electron chi connectivity index (χ0n) is 9.75. The summed E-state index contributed by atoms with van der Waals surface area (Å²) in [6.07, 6.45) is -1.15. The topological polar surface area (TPSA) is 67.2 Å². The van der Waals surface area contributed by atoms with Crippen LogP contribution in [-0.2, 0) is 4.79 Å². The Morgan fingerprint density at radius 1 is 1.44 bits per heavy atom. The number of alkyl halides is 2. The van der Waals surface area contributed by atoms with Crippen LogP contribution in [0.25, 0.3) is 0 Å². The zero-order valence-corrected chi connectivity index (χ0v) is 9.75. The number of hydrogen-bond acceptors (Lipinski definition) is 3. The smallest absolute Gasteiger partial charge is 0.265 e. The Labute approximate surface area is 104 Å². The number of nitrogens with one attached hydrogen (secondary N) is 2. The zero-order chi connectivity index (χ0) is 13.1. The van der Waals surface area contributed by atoms with Crippen LogP contribution >= 0.6 is 0 Å². The fourth-order valence-electron chi connectivity index (χ4n) is 1.99. The van der Waals surface area contributed by atoms with Gasteiger partial charge in [-0.1, -0.05) is 0 Å². The molecule has 1 fully saturated rings. The van der Waals surface area contributed by atoms with Gasteiger partial charge in [0.05, 0.1) is 0 Å². The third kappa shape index (κ3) is 2.69. The Morgan fingerprint density at radius 3 is 2.89 bits per heavy atom. The first-order chi connectivity index (χ1) is 8.58. The number of nitrogen functional groups attached to an aromatic ring is 1. The number of amides is 1. The van der Waals surface area contributed by atoms with Gasteiger partial charge in [0, 0.05) is 23.5 Å². The first-order valence-corrected chi connectivity index (χ1v) is 5.80. The number of anilines is 2. The summed E-state index contributed by atoms with van der Waals surface area (Å²) in [6.45, 7) is 0.639. The van der Waals surface area contributed by atoms with E-state index in [0.29, 0.717) is 13.0 Å². The third-order valence-corrected chi connectivity index (χ3v) is 2.93. The van der Waals surface area contributed by atoms with Crippen LogP contribution in [0.4, 0.5) is 20.2 Å². The highest BCUT2D eigenvalue weighted by atomic mass is 19.3. The van der Waals surface area contributed by atoms with Gasteiger partial charge in [-0.05, 0) is 31.0 Å². The maximum Gasteiger partial charge on any atom is 0.265 e. The van der Waals surface area contributed by atoms with Crippen molar-refractivity contribution in [3.05, 3.63) is 23.8 Å². The van der Waals surface area contributed by atoms with Crippen LogP contribution in [0.3, 0.4) is 0 Å². The molecule has 4 nitrogen and oxygen atoms in total. The lowest BCUT2D eigenvalue weighted by Crippen LogP contribution is -2.44. The fourth-order valence-corrected chi connectivity index (χ4v) is 1.99. The lowest BCUT2D eigenvalue weighted by Gasteiger charge is -2.25. The summed E-state index contributed by atoms with van der Waals surface area (Å²) in [4.78, 5) is 11.6. The highest BCUT2D eigenvalue weighted by Crippen LogP contribution is 2.30. The minimum atomic E-state index is -2.62. The molecule has 2 rings (SSSR count). The van der Waals surface area contributed by atoms with Gasteiger partial charge in [-0.2, -0.15) is 0 Å². The number of carbonyl (C=O) groups is 1. The van der Waals surface area contributed by atoms with Crippen molar-refractivity contribution in [1.29, 1.82) is 0 Å². The monoisotopic (exact) mass is 255 g/mol. The number of piperidine rings is 1. The van der Waals surface area contributed by atoms with Gasteiger partial charge in [0.2, 0.25) is 5.91 Å². The van der Waals surface area contributed by atoms with Gasteiger partial charge in [0.1, 0.15) is 6.04 Å². The van der Waals surface area contributed by atoms with Crippen LogP contribution < -0.4 is 16.4 Å². The first-order valence-electron chi connectivity index (χ1n) is 5.80. The molecule has 98 valence electrons. The maximum atomic E-state index is 12.9. The molecule has 1 unspecified atom stereocenters. The van der Waals surface area contributed by atoms with E-state index in [4.69, 9.17) is 5.73 Å². The molecule has 1 saturated heterocycles. The first kappa shape index (κ1) is 12.6. The number of carbonyl (C=O) groups excluding carboxylic acids is 1. The van der Waals surface area contributed by atoms with E-state index in [1.54, 1.807) is 0 Å². The molecule has 6 heteroatoms. The van der Waals surface area contributed by atoms with Gasteiger partial charge in [-0.3, -0.25) is 4.79 Å². The van der Waals surface area contributed by atoms with Gasteiger partial charge >= 0.3 is 0 Å². The molecule has 1 amide bonds. The molecule has 1 aliphatic rings. The fraction of sp³-hybridized carbons (Fsp3) is 0.417. The second kappa shape index (κ2) is 5.20. The molecule has 0 radical (unpaired) electrons. The molecule has 1 aliphatic heterocycles. The maximum absolute atomic E-state index is 12.9. The van der Waals surface area contributed by atoms with Crippen molar-refractivity contribution in [2.24, 2.45) is 0 Å². The van der Waals surface area contributed by atoms with Crippen molar-refractivity contribution < 1.29 is 13.6 Å². The quantitative estimate of drug-likeness (QED) is 0.723. The lowest BCUT2D eigenvalue weighted by atomic mass is 10.0. The molecule has 4 N–H and O–H groups in total. The molecule has 0 aliphatic carbocycles. The van der Waals surface area contributed by atoms with Crippen LogP contribution in [-0.4, -0.2) is 18.5 Å². The standard InChI is InChI=1S/C12H15F2N3O/c13-11(14)8-6-7(15)3-4-9(8)17-10-2-1-5-16-12(10)18/h3-4,6,10-11,17H,1-2,5,15H2,(H,16,18). The van der Waals surface area contributed by atoms with Crippen LogP contribution in [0.2, 0.25) is 0 Å². The van der Waals surface area contributed by atoms with Crippen molar-refractivity contribution in [2.75, 3.05) is 17.6 Å². The second-order valence-corrected chi connectivity index (χ2v) is 4.28. The molecule has 0 aromatic heterocycles. The average Bonchev–Trinajstić information content (AvgIpc) is 2.34. The largest absolute Gasteiger partial charge is 0.399 e. The molecular weight excluding hydrogens is 240 g/mol. The molecule has 1 atom stereocenters. The van der Waals surface area contributed by atoms with Gasteiger partial charge in [-0.15, -0.1) is 0 Å². The van der Waals surface area contributed by atoms with Crippen LogP contribution in [0, 0.1) is 0 Å². The van der Waals surface area contributed by atoms with Crippen molar-refractivity contribution >= 4 is 17.3 Å². The number of hydrogen-bond donors (Lipinski definition) is 3. The van der Waals surface area contributed by atoms with Crippen molar-refractivity contribution in [1.82, 2.24) is 5.32 Å². The Morgan fingerprint density at radius 2 is 2.22 bits per heavy atom. The summed E-state index contributed by atoms with van der Waals surface area (Å²) in [5.41, 5.74) is 5.86. The predicted octanol–water partition coefficient (Wildman–Crippen LogP) is 1.90. The van der Waals surface area contributed by atoms with Crippen molar-refractivity contribution in [3.63, 3.8) is 0 Å². The van der Waals surface area contributed by atoms with Crippen molar-refractivity contribution in [2.45, 2.75) is 25.3 Å². The summed E-state index contributed by atoms with van der Waals surface area (Å²) < 4.78 is 25.7. The van der Waals surface area contributed by atoms with Crippen LogP contribution in [0.15, 0.2) is 18.2 Å². The molecule has 0 saturated carbocycles. The summed E-state index contributed by atoms with van der Waals surface area (Å²) in [7, 11) is 0. The van der Waals surface area contributed by atoms with E-state index in [1.165, 1.54) is 18.2 Å². The van der Waals surface area contributed by atoms with E-state index >= 15 is 0 Å². The van der Waals surface area contributed by atoms with E-state index in [2.05, 4.69) is 10.6 Å². The third-order valence-electron chi connectivity index (χ3n) is 2.93. The van der Waals surface area contributed by atoms with Gasteiger partial charge in [0.25, 0.3) is 6.43 Å². The molecular formula is C12H15F2N3O. The summed E-state index contributed by atoms with van der Waals surface area (Å²) in [5.74, 6) is -0.154. The average molecular weight is 255 g/mol. The molecule has 0 bridgehead atoms. The minimum Gasteiger partial charge on any atom is -0.399 e. The predicted molar refractivity (Wildman–Crippen MR) is 65.5 cm³/mol. The van der Waals surface area contributed by atoms with Crippen molar-refractivity contribution in [3.8, 4) is 0 Å². The summed E-state index contributed by atoms with van der Waals surface area (Å²) >= 11 is 0. The normalized spacial score (nSPS) is 19.7. The molecule has 0 spiro atoms. The summed E-state index contributed by atoms with van der Waals surface area (Å²) in [6, 6.07) is 3.79. The molecule has 1 heterocycles. The van der Waals surface area contributed by atoms with Crippen LogP contribution in [0.1, 0.15) is 24.8 Å². The van der Waals surface area contributed by atoms with E-state index in [1.807, 2.05) is 0 Å². The second-order valence-electron chi connectivity index (χ2n) is 4.28. The SMILES string of the molecule is Nc1ccc(NC2CCCNC2=O)c(C(F)F)c1. The molecule has 1 aromatic carbocycles. The summed E-state index contributed by atoms with van der Waals surface area (Å²) in [5, 5.41) is 5.56. The van der Waals surface area contributed by atoms with E-state index in [0.717, 1.165) is 6.42 Å². The van der Waals surface area contributed by atoms with Crippen LogP contribution in [0.5, 0.6) is 0 Å². The highest BCUT2D eigenvalue weighted by molar-refractivity contribution is 5.85.